The largest absolute Gasteiger partial charge is 0.372 e. The van der Waals surface area contributed by atoms with Crippen molar-refractivity contribution in [2.75, 3.05) is 23.3 Å². The molecule has 0 saturated heterocycles. The van der Waals surface area contributed by atoms with Crippen molar-refractivity contribution in [2.45, 2.75) is 37.9 Å². The molecule has 0 aliphatic rings. The van der Waals surface area contributed by atoms with Gasteiger partial charge >= 0.3 is 0 Å². The van der Waals surface area contributed by atoms with Crippen LogP contribution in [0.25, 0.3) is 0 Å². The number of amides is 1. The van der Waals surface area contributed by atoms with Gasteiger partial charge in [0.2, 0.25) is 5.91 Å². The van der Waals surface area contributed by atoms with Gasteiger partial charge in [-0.15, -0.1) is 11.3 Å². The van der Waals surface area contributed by atoms with Gasteiger partial charge in [-0.25, -0.2) is 8.42 Å². The molecule has 1 amide bonds. The molecule has 0 unspecified atom stereocenters. The highest BCUT2D eigenvalue weighted by atomic mass is 32.2. The lowest BCUT2D eigenvalue weighted by Crippen LogP contribution is -2.46. The van der Waals surface area contributed by atoms with Crippen molar-refractivity contribution in [1.82, 2.24) is 4.72 Å². The van der Waals surface area contributed by atoms with Gasteiger partial charge in [-0.1, -0.05) is 19.9 Å². The maximum Gasteiger partial charge on any atom is 0.250 e. The molecular weight excluding hydrogens is 382 g/mol. The van der Waals surface area contributed by atoms with Gasteiger partial charge in [-0.3, -0.25) is 4.79 Å². The SMILES string of the molecule is CCN(CC)c1ccc(NC(=O)[C@@H](NS(=O)(=O)c2cccs2)C(C)C)cc1. The van der Waals surface area contributed by atoms with E-state index < -0.39 is 16.1 Å². The number of benzene rings is 1. The fourth-order valence-electron chi connectivity index (χ4n) is 2.70. The van der Waals surface area contributed by atoms with Gasteiger partial charge in [-0.05, 0) is 55.5 Å². The molecular formula is C19H27N3O3S2. The summed E-state index contributed by atoms with van der Waals surface area (Å²) >= 11 is 1.12. The average molecular weight is 410 g/mol. The second kappa shape index (κ2) is 9.34. The molecule has 1 heterocycles. The van der Waals surface area contributed by atoms with Gasteiger partial charge in [0.25, 0.3) is 10.0 Å². The van der Waals surface area contributed by atoms with Crippen LogP contribution in [0.5, 0.6) is 0 Å². The minimum atomic E-state index is -3.72. The molecule has 0 spiro atoms. The minimum Gasteiger partial charge on any atom is -0.372 e. The third-order valence-electron chi connectivity index (χ3n) is 4.25. The average Bonchev–Trinajstić information content (AvgIpc) is 3.17. The molecule has 1 aromatic carbocycles. The monoisotopic (exact) mass is 409 g/mol. The van der Waals surface area contributed by atoms with Crippen LogP contribution < -0.4 is 14.9 Å². The highest BCUT2D eigenvalue weighted by molar-refractivity contribution is 7.91. The third kappa shape index (κ3) is 5.54. The number of nitrogens with one attached hydrogen (secondary N) is 2. The molecule has 0 radical (unpaired) electrons. The van der Waals surface area contributed by atoms with Gasteiger partial charge in [-0.2, -0.15) is 4.72 Å². The van der Waals surface area contributed by atoms with E-state index in [0.29, 0.717) is 5.69 Å². The molecule has 1 aromatic heterocycles. The van der Waals surface area contributed by atoms with E-state index in [1.807, 2.05) is 38.1 Å². The summed E-state index contributed by atoms with van der Waals surface area (Å²) in [6.45, 7) is 9.61. The summed E-state index contributed by atoms with van der Waals surface area (Å²) in [6.07, 6.45) is 0. The predicted molar refractivity (Wildman–Crippen MR) is 112 cm³/mol. The van der Waals surface area contributed by atoms with Crippen LogP contribution in [-0.2, 0) is 14.8 Å². The highest BCUT2D eigenvalue weighted by Gasteiger charge is 2.29. The van der Waals surface area contributed by atoms with E-state index >= 15 is 0 Å². The normalized spacial score (nSPS) is 12.8. The number of rotatable bonds is 9. The molecule has 0 fully saturated rings. The topological polar surface area (TPSA) is 78.5 Å². The summed E-state index contributed by atoms with van der Waals surface area (Å²) in [7, 11) is -3.72. The Bertz CT molecular complexity index is 828. The first-order valence-electron chi connectivity index (χ1n) is 9.00. The number of thiophene rings is 1. The molecule has 0 bridgehead atoms. The van der Waals surface area contributed by atoms with Gasteiger partial charge in [0.1, 0.15) is 10.3 Å². The number of anilines is 2. The van der Waals surface area contributed by atoms with Gasteiger partial charge in [0, 0.05) is 24.5 Å². The number of nitrogens with zero attached hydrogens (tertiary/aromatic N) is 1. The van der Waals surface area contributed by atoms with E-state index in [-0.39, 0.29) is 16.0 Å². The summed E-state index contributed by atoms with van der Waals surface area (Å²) in [5.41, 5.74) is 1.72. The zero-order valence-corrected chi connectivity index (χ0v) is 17.7. The van der Waals surface area contributed by atoms with Gasteiger partial charge in [0.15, 0.2) is 0 Å². The van der Waals surface area contributed by atoms with Crippen LogP contribution in [0.15, 0.2) is 46.0 Å². The van der Waals surface area contributed by atoms with Crippen LogP contribution in [0.1, 0.15) is 27.7 Å². The van der Waals surface area contributed by atoms with E-state index in [4.69, 9.17) is 0 Å². The summed E-state index contributed by atoms with van der Waals surface area (Å²) in [4.78, 5) is 14.9. The van der Waals surface area contributed by atoms with E-state index in [9.17, 15) is 13.2 Å². The van der Waals surface area contributed by atoms with Gasteiger partial charge < -0.3 is 10.2 Å². The van der Waals surface area contributed by atoms with Gasteiger partial charge in [0.05, 0.1) is 0 Å². The van der Waals surface area contributed by atoms with Crippen molar-refractivity contribution < 1.29 is 13.2 Å². The maximum atomic E-state index is 12.7. The molecule has 2 aromatic rings. The summed E-state index contributed by atoms with van der Waals surface area (Å²) in [6, 6.07) is 9.88. The Hall–Kier alpha value is -1.90. The fraction of sp³-hybridized carbons (Fsp3) is 0.421. The van der Waals surface area contributed by atoms with Crippen LogP contribution in [0.2, 0.25) is 0 Å². The Labute approximate surface area is 165 Å². The zero-order chi connectivity index (χ0) is 20.0. The number of carbonyl (C=O) groups is 1. The molecule has 0 saturated carbocycles. The van der Waals surface area contributed by atoms with Crippen LogP contribution in [0.3, 0.4) is 0 Å². The Morgan fingerprint density at radius 3 is 2.22 bits per heavy atom. The number of sulfonamides is 1. The summed E-state index contributed by atoms with van der Waals surface area (Å²) in [5.74, 6) is -0.574. The summed E-state index contributed by atoms with van der Waals surface area (Å²) < 4.78 is 27.7. The molecule has 148 valence electrons. The molecule has 27 heavy (non-hydrogen) atoms. The van der Waals surface area contributed by atoms with Crippen molar-refractivity contribution in [3.05, 3.63) is 41.8 Å². The lowest BCUT2D eigenvalue weighted by atomic mass is 10.0. The minimum absolute atomic E-state index is 0.199. The Morgan fingerprint density at radius 1 is 1.11 bits per heavy atom. The Morgan fingerprint density at radius 2 is 1.74 bits per heavy atom. The van der Waals surface area contributed by atoms with Crippen molar-refractivity contribution in [3.63, 3.8) is 0 Å². The maximum absolute atomic E-state index is 12.7. The van der Waals surface area contributed by atoms with Crippen LogP contribution in [0.4, 0.5) is 11.4 Å². The quantitative estimate of drug-likeness (QED) is 0.664. The van der Waals surface area contributed by atoms with E-state index in [1.54, 1.807) is 11.4 Å². The molecule has 2 N–H and O–H groups in total. The first-order chi connectivity index (χ1) is 12.8. The second-order valence-corrected chi connectivity index (χ2v) is 9.37. The highest BCUT2D eigenvalue weighted by Crippen LogP contribution is 2.20. The second-order valence-electron chi connectivity index (χ2n) is 6.48. The fourth-order valence-corrected chi connectivity index (χ4v) is 5.05. The zero-order valence-electron chi connectivity index (χ0n) is 16.1. The molecule has 1 atom stereocenters. The summed E-state index contributed by atoms with van der Waals surface area (Å²) in [5, 5.41) is 4.50. The molecule has 8 heteroatoms. The van der Waals surface area contributed by atoms with Crippen LogP contribution in [0, 0.1) is 5.92 Å². The Balaban J connectivity index is 2.11. The first-order valence-corrected chi connectivity index (χ1v) is 11.4. The molecule has 6 nitrogen and oxygen atoms in total. The predicted octanol–water partition coefficient (Wildman–Crippen LogP) is 3.54. The Kier molecular flexibility index (Phi) is 7.41. The molecule has 0 aliphatic heterocycles. The van der Waals surface area contributed by atoms with Crippen molar-refractivity contribution >= 4 is 38.6 Å². The number of carbonyl (C=O) groups excluding carboxylic acids is 1. The van der Waals surface area contributed by atoms with E-state index in [1.165, 1.54) is 6.07 Å². The van der Waals surface area contributed by atoms with Crippen LogP contribution in [-0.4, -0.2) is 33.5 Å². The van der Waals surface area contributed by atoms with Crippen molar-refractivity contribution in [1.29, 1.82) is 0 Å². The molecule has 0 aliphatic carbocycles. The number of hydrogen-bond acceptors (Lipinski definition) is 5. The smallest absolute Gasteiger partial charge is 0.250 e. The lowest BCUT2D eigenvalue weighted by molar-refractivity contribution is -0.118. The molecule has 2 rings (SSSR count). The van der Waals surface area contributed by atoms with E-state index in [2.05, 4.69) is 28.8 Å². The van der Waals surface area contributed by atoms with Crippen molar-refractivity contribution in [2.24, 2.45) is 5.92 Å². The standard InChI is InChI=1S/C19H27N3O3S2/c1-5-22(6-2)16-11-9-15(10-12-16)20-19(23)18(14(3)4)21-27(24,25)17-8-7-13-26-17/h7-14,18,21H,5-6H2,1-4H3,(H,20,23)/t18-/m0/s1. The first kappa shape index (κ1) is 21.4. The van der Waals surface area contributed by atoms with Crippen molar-refractivity contribution in [3.8, 4) is 0 Å². The lowest BCUT2D eigenvalue weighted by Gasteiger charge is -2.23. The van der Waals surface area contributed by atoms with E-state index in [0.717, 1.165) is 30.1 Å². The number of hydrogen-bond donors (Lipinski definition) is 2. The third-order valence-corrected chi connectivity index (χ3v) is 7.09. The van der Waals surface area contributed by atoms with Crippen LogP contribution >= 0.6 is 11.3 Å².